The van der Waals surface area contributed by atoms with E-state index in [1.165, 1.54) is 112 Å². The molecule has 1 unspecified atom stereocenters. The van der Waals surface area contributed by atoms with E-state index in [0.29, 0.717) is 0 Å². The van der Waals surface area contributed by atoms with Gasteiger partial charge in [0.2, 0.25) is 0 Å². The molecule has 0 saturated heterocycles. The molecule has 6 aliphatic carbocycles. The van der Waals surface area contributed by atoms with Gasteiger partial charge in [0, 0.05) is 27.7 Å². The average Bonchev–Trinajstić information content (AvgIpc) is 3.86. The van der Waals surface area contributed by atoms with Gasteiger partial charge in [0.05, 0.1) is 10.8 Å². The highest BCUT2D eigenvalue weighted by Crippen LogP contribution is 2.63. The molecule has 4 saturated carbocycles. The van der Waals surface area contributed by atoms with Crippen LogP contribution in [0.5, 0.6) is 11.5 Å². The van der Waals surface area contributed by atoms with Gasteiger partial charge < -0.3 is 4.74 Å². The van der Waals surface area contributed by atoms with Crippen molar-refractivity contribution in [2.24, 2.45) is 17.8 Å². The normalized spacial score (nSPS) is 22.3. The molecule has 9 aromatic rings. The summed E-state index contributed by atoms with van der Waals surface area (Å²) in [6, 6.07) is 71.5. The minimum absolute atomic E-state index is 0.0703. The van der Waals surface area contributed by atoms with E-state index < -0.39 is 10.8 Å². The number of para-hydroxylation sites is 2. The van der Waals surface area contributed by atoms with E-state index >= 15 is 0 Å². The molecule has 0 radical (unpaired) electrons. The van der Waals surface area contributed by atoms with Crippen LogP contribution in [0.15, 0.2) is 194 Å². The third-order valence-electron chi connectivity index (χ3n) is 17.6. The van der Waals surface area contributed by atoms with Crippen LogP contribution in [0.1, 0.15) is 102 Å². The molecule has 2 heterocycles. The smallest absolute Gasteiger partial charge is 0.163 e. The number of hydrogen-bond donors (Lipinski definition) is 0. The Labute approximate surface area is 404 Å². The van der Waals surface area contributed by atoms with Crippen LogP contribution < -0.4 is 4.74 Å². The van der Waals surface area contributed by atoms with Crippen LogP contribution in [-0.2, 0) is 16.2 Å². The van der Waals surface area contributed by atoms with Crippen LogP contribution in [0.3, 0.4) is 0 Å². The fraction of sp³-hybridized carbons (Fsp3) is 0.215. The Hall–Kier alpha value is -7.43. The van der Waals surface area contributed by atoms with Gasteiger partial charge in [-0.1, -0.05) is 183 Å². The van der Waals surface area contributed by atoms with Crippen molar-refractivity contribution >= 4 is 0 Å². The average molecular weight is 890 g/mol. The molecule has 1 aliphatic heterocycles. The number of fused-ring (bicyclic) bond motifs is 12. The fourth-order valence-corrected chi connectivity index (χ4v) is 14.9. The summed E-state index contributed by atoms with van der Waals surface area (Å²) < 4.78 is 6.65. The lowest BCUT2D eigenvalue weighted by atomic mass is 9.55. The van der Waals surface area contributed by atoms with Crippen LogP contribution in [0, 0.1) is 17.8 Å². The topological polar surface area (TPSA) is 47.9 Å². The predicted molar refractivity (Wildman–Crippen MR) is 274 cm³/mol. The molecule has 8 aromatic carbocycles. The van der Waals surface area contributed by atoms with Crippen molar-refractivity contribution in [2.45, 2.75) is 67.6 Å². The second-order valence-corrected chi connectivity index (χ2v) is 21.1. The molecular formula is C65H51N3O. The third kappa shape index (κ3) is 5.55. The summed E-state index contributed by atoms with van der Waals surface area (Å²) >= 11 is 0. The molecule has 4 nitrogen and oxygen atoms in total. The van der Waals surface area contributed by atoms with Gasteiger partial charge in [-0.3, -0.25) is 0 Å². The first kappa shape index (κ1) is 39.6. The summed E-state index contributed by atoms with van der Waals surface area (Å²) in [4.78, 5) is 17.1. The van der Waals surface area contributed by atoms with Gasteiger partial charge in [-0.2, -0.15) is 0 Å². The van der Waals surface area contributed by atoms with Gasteiger partial charge >= 0.3 is 0 Å². The van der Waals surface area contributed by atoms with Crippen LogP contribution >= 0.6 is 0 Å². The molecule has 0 amide bonds. The summed E-state index contributed by atoms with van der Waals surface area (Å²) in [5.41, 5.74) is 15.8. The number of aromatic nitrogens is 3. The Morgan fingerprint density at radius 3 is 1.58 bits per heavy atom. The van der Waals surface area contributed by atoms with Crippen molar-refractivity contribution in [1.29, 1.82) is 0 Å². The second kappa shape index (κ2) is 14.8. The highest BCUT2D eigenvalue weighted by Gasteiger charge is 2.52. The molecule has 4 bridgehead atoms. The summed E-state index contributed by atoms with van der Waals surface area (Å²) in [7, 11) is 0. The van der Waals surface area contributed by atoms with Gasteiger partial charge in [-0.05, 0) is 136 Å². The Bertz CT molecular complexity index is 3450. The van der Waals surface area contributed by atoms with Crippen molar-refractivity contribution in [2.75, 3.05) is 0 Å². The summed E-state index contributed by atoms with van der Waals surface area (Å²) in [5, 5.41) is 0. The van der Waals surface area contributed by atoms with E-state index in [1.807, 2.05) is 0 Å². The zero-order chi connectivity index (χ0) is 45.3. The number of rotatable bonds is 5. The molecule has 1 spiro atoms. The quantitative estimate of drug-likeness (QED) is 0.173. The van der Waals surface area contributed by atoms with Crippen molar-refractivity contribution < 1.29 is 4.74 Å². The van der Waals surface area contributed by atoms with Crippen LogP contribution in [0.25, 0.3) is 45.0 Å². The first-order valence-corrected chi connectivity index (χ1v) is 25.3. The van der Waals surface area contributed by atoms with Crippen molar-refractivity contribution in [3.63, 3.8) is 0 Å². The lowest BCUT2D eigenvalue weighted by Crippen LogP contribution is -2.43. The molecule has 2 atom stereocenters. The Morgan fingerprint density at radius 1 is 0.391 bits per heavy atom. The predicted octanol–water partition coefficient (Wildman–Crippen LogP) is 15.3. The first-order chi connectivity index (χ1) is 34.1. The number of hydrogen-bond acceptors (Lipinski definition) is 4. The monoisotopic (exact) mass is 889 g/mol. The maximum atomic E-state index is 6.65. The minimum atomic E-state index is -0.535. The Balaban J connectivity index is 0.958. The maximum Gasteiger partial charge on any atom is 0.163 e. The largest absolute Gasteiger partial charge is 0.457 e. The third-order valence-corrected chi connectivity index (χ3v) is 17.6. The van der Waals surface area contributed by atoms with E-state index in [1.54, 1.807) is 0 Å². The van der Waals surface area contributed by atoms with Crippen molar-refractivity contribution in [3.8, 4) is 56.5 Å². The molecule has 0 N–H and O–H groups in total. The van der Waals surface area contributed by atoms with Crippen LogP contribution in [0.2, 0.25) is 0 Å². The summed E-state index contributed by atoms with van der Waals surface area (Å²) in [6.07, 6.45) is 10.1. The fourth-order valence-electron chi connectivity index (χ4n) is 14.9. The van der Waals surface area contributed by atoms with Gasteiger partial charge in [-0.15, -0.1) is 0 Å². The molecule has 69 heavy (non-hydrogen) atoms. The molecule has 332 valence electrons. The molecule has 4 heteroatoms. The molecule has 7 aliphatic rings. The van der Waals surface area contributed by atoms with E-state index in [0.717, 1.165) is 64.3 Å². The zero-order valence-corrected chi connectivity index (χ0v) is 38.6. The number of benzene rings is 8. The van der Waals surface area contributed by atoms with Gasteiger partial charge in [0.1, 0.15) is 17.3 Å². The molecule has 1 aromatic heterocycles. The molecule has 16 rings (SSSR count). The van der Waals surface area contributed by atoms with Gasteiger partial charge in [0.15, 0.2) is 11.6 Å². The highest BCUT2D eigenvalue weighted by molar-refractivity contribution is 5.91. The highest BCUT2D eigenvalue weighted by atomic mass is 16.5. The Morgan fingerprint density at radius 2 is 0.899 bits per heavy atom. The first-order valence-electron chi connectivity index (χ1n) is 25.3. The number of ether oxygens (including phenoxy) is 1. The lowest BCUT2D eigenvalue weighted by Gasteiger charge is -2.50. The summed E-state index contributed by atoms with van der Waals surface area (Å²) in [5.74, 6) is 6.69. The van der Waals surface area contributed by atoms with E-state index in [-0.39, 0.29) is 5.41 Å². The lowest BCUT2D eigenvalue weighted by molar-refractivity contribution is 0.0412. The van der Waals surface area contributed by atoms with Crippen LogP contribution in [-0.4, -0.2) is 15.0 Å². The molecule has 4 fully saturated rings. The van der Waals surface area contributed by atoms with Crippen LogP contribution in [0.4, 0.5) is 0 Å². The summed E-state index contributed by atoms with van der Waals surface area (Å²) in [6.45, 7) is 0. The zero-order valence-electron chi connectivity index (χ0n) is 38.6. The minimum Gasteiger partial charge on any atom is -0.457 e. The molecular weight excluding hydrogens is 839 g/mol. The second-order valence-electron chi connectivity index (χ2n) is 21.1. The van der Waals surface area contributed by atoms with E-state index in [2.05, 4.69) is 194 Å². The van der Waals surface area contributed by atoms with Crippen molar-refractivity contribution in [1.82, 2.24) is 15.0 Å². The van der Waals surface area contributed by atoms with Gasteiger partial charge in [-0.25, -0.2) is 15.0 Å². The maximum absolute atomic E-state index is 6.65. The van der Waals surface area contributed by atoms with Crippen molar-refractivity contribution in [3.05, 3.63) is 244 Å². The Kier molecular flexibility index (Phi) is 8.48. The SMILES string of the molecule is c1ccc(C2(c3ccccc3)c3ccccc3-c3ccc(-c4nc(-c5ccc6c(c5)-c5ccccc5C65c6ccccc6Oc6ccccc65)nc(C56CCC[C@@H](CC7CC(C7)C5)C6)n4)cc32)cc1. The number of nitrogens with zero attached hydrogens (tertiary/aromatic N) is 3. The standard InChI is InChI=1S/C65H51N3O/c1-3-17-46(18-4-1)64(47-19-5-2-6-20-47)52-23-9-7-21-48(52)50-31-29-45(38-57(50)64)61-66-60(67-62(68-61)63-33-15-16-41(39-63)34-42-35-43(36-42)40-63)44-30-32-54-51(37-44)49-22-8-10-24-53(49)65(54)55-25-11-13-27-58(55)69-59-28-14-12-26-56(59)65/h1-14,17-32,37-38,41-43H,15-16,33-36,39-40H2/t41-,42?,43?,63?/m0/s1. The van der Waals surface area contributed by atoms with E-state index in [4.69, 9.17) is 19.7 Å². The van der Waals surface area contributed by atoms with E-state index in [9.17, 15) is 0 Å². The van der Waals surface area contributed by atoms with Gasteiger partial charge in [0.25, 0.3) is 0 Å².